The summed E-state index contributed by atoms with van der Waals surface area (Å²) in [6.45, 7) is 4.12. The monoisotopic (exact) mass is 256 g/mol. The molecule has 1 rings (SSSR count). The molecule has 1 N–H and O–H groups in total. The van der Waals surface area contributed by atoms with E-state index in [1.165, 1.54) is 4.31 Å². The van der Waals surface area contributed by atoms with Gasteiger partial charge in [-0.2, -0.15) is 0 Å². The summed E-state index contributed by atoms with van der Waals surface area (Å²) in [5.41, 5.74) is 1.81. The fourth-order valence-corrected chi connectivity index (χ4v) is 2.90. The highest BCUT2D eigenvalue weighted by Gasteiger charge is 2.25. The van der Waals surface area contributed by atoms with Crippen LogP contribution >= 0.6 is 0 Å². The summed E-state index contributed by atoms with van der Waals surface area (Å²) < 4.78 is 25.7. The Bertz CT molecular complexity index is 454. The van der Waals surface area contributed by atoms with E-state index in [1.54, 1.807) is 21.0 Å². The Balaban J connectivity index is 2.96. The van der Waals surface area contributed by atoms with Gasteiger partial charge in [-0.3, -0.25) is 4.31 Å². The van der Waals surface area contributed by atoms with Gasteiger partial charge in [-0.1, -0.05) is 17.7 Å². The molecule has 0 aliphatic carbocycles. The maximum absolute atomic E-state index is 12.2. The van der Waals surface area contributed by atoms with Gasteiger partial charge in [0, 0.05) is 13.6 Å². The molecule has 0 amide bonds. The highest BCUT2D eigenvalue weighted by molar-refractivity contribution is 7.93. The first-order chi connectivity index (χ1) is 7.89. The van der Waals surface area contributed by atoms with Gasteiger partial charge in [-0.25, -0.2) is 8.42 Å². The lowest BCUT2D eigenvalue weighted by Gasteiger charge is -2.23. The fraction of sp³-hybridized carbons (Fsp3) is 0.500. The van der Waals surface area contributed by atoms with E-state index in [1.807, 2.05) is 31.2 Å². The molecule has 0 fully saturated rings. The zero-order chi connectivity index (χ0) is 13.1. The molecule has 0 heterocycles. The first kappa shape index (κ1) is 14.0. The van der Waals surface area contributed by atoms with Crippen molar-refractivity contribution in [3.63, 3.8) is 0 Å². The average Bonchev–Trinajstić information content (AvgIpc) is 2.29. The van der Waals surface area contributed by atoms with Crippen LogP contribution < -0.4 is 9.62 Å². The SMILES string of the molecule is CNCC(C)S(=O)(=O)N(C)c1ccc(C)cc1. The number of benzene rings is 1. The fourth-order valence-electron chi connectivity index (χ4n) is 1.56. The lowest BCUT2D eigenvalue weighted by molar-refractivity contribution is 0.576. The van der Waals surface area contributed by atoms with Gasteiger partial charge in [0.15, 0.2) is 0 Å². The summed E-state index contributed by atoms with van der Waals surface area (Å²) >= 11 is 0. The van der Waals surface area contributed by atoms with Crippen LogP contribution in [0.1, 0.15) is 12.5 Å². The van der Waals surface area contributed by atoms with E-state index in [0.717, 1.165) is 5.56 Å². The summed E-state index contributed by atoms with van der Waals surface area (Å²) in [5.74, 6) is 0. The minimum atomic E-state index is -3.30. The van der Waals surface area contributed by atoms with E-state index >= 15 is 0 Å². The van der Waals surface area contributed by atoms with Crippen LogP contribution in [0.15, 0.2) is 24.3 Å². The Morgan fingerprint density at radius 3 is 2.29 bits per heavy atom. The van der Waals surface area contributed by atoms with Gasteiger partial charge in [0.05, 0.1) is 10.9 Å². The molecule has 0 aliphatic rings. The molecule has 17 heavy (non-hydrogen) atoms. The Morgan fingerprint density at radius 1 is 1.29 bits per heavy atom. The Hall–Kier alpha value is -1.07. The van der Waals surface area contributed by atoms with Crippen LogP contribution in [-0.4, -0.2) is 34.3 Å². The number of nitrogens with zero attached hydrogens (tertiary/aromatic N) is 1. The predicted octanol–water partition coefficient (Wildman–Crippen LogP) is 1.37. The maximum atomic E-state index is 12.2. The highest BCUT2D eigenvalue weighted by Crippen LogP contribution is 2.19. The van der Waals surface area contributed by atoms with E-state index in [0.29, 0.717) is 12.2 Å². The number of sulfonamides is 1. The summed E-state index contributed by atoms with van der Waals surface area (Å²) in [6.07, 6.45) is 0. The van der Waals surface area contributed by atoms with Gasteiger partial charge >= 0.3 is 0 Å². The van der Waals surface area contributed by atoms with Crippen molar-refractivity contribution < 1.29 is 8.42 Å². The van der Waals surface area contributed by atoms with Crippen molar-refractivity contribution in [3.8, 4) is 0 Å². The number of nitrogens with one attached hydrogen (secondary N) is 1. The summed E-state index contributed by atoms with van der Waals surface area (Å²) in [4.78, 5) is 0. The lowest BCUT2D eigenvalue weighted by Crippen LogP contribution is -2.39. The van der Waals surface area contributed by atoms with Gasteiger partial charge in [0.1, 0.15) is 0 Å². The van der Waals surface area contributed by atoms with E-state index in [4.69, 9.17) is 0 Å². The zero-order valence-electron chi connectivity index (χ0n) is 10.8. The minimum absolute atomic E-state index is 0.443. The topological polar surface area (TPSA) is 49.4 Å². The quantitative estimate of drug-likeness (QED) is 0.865. The smallest absolute Gasteiger partial charge is 0.238 e. The third-order valence-corrected chi connectivity index (χ3v) is 4.94. The maximum Gasteiger partial charge on any atom is 0.238 e. The largest absolute Gasteiger partial charge is 0.318 e. The third-order valence-electron chi connectivity index (χ3n) is 2.78. The van der Waals surface area contributed by atoms with Crippen molar-refractivity contribution in [2.24, 2.45) is 0 Å². The second kappa shape index (κ2) is 5.51. The second-order valence-electron chi connectivity index (χ2n) is 4.22. The molecule has 0 bridgehead atoms. The molecule has 96 valence electrons. The lowest BCUT2D eigenvalue weighted by atomic mass is 10.2. The molecule has 5 heteroatoms. The predicted molar refractivity (Wildman–Crippen MR) is 71.9 cm³/mol. The summed E-state index contributed by atoms with van der Waals surface area (Å²) in [5, 5.41) is 2.44. The van der Waals surface area contributed by atoms with Gasteiger partial charge < -0.3 is 5.32 Å². The molecule has 0 spiro atoms. The van der Waals surface area contributed by atoms with Crippen molar-refractivity contribution in [2.75, 3.05) is 24.9 Å². The van der Waals surface area contributed by atoms with Crippen LogP contribution in [0.2, 0.25) is 0 Å². The van der Waals surface area contributed by atoms with Crippen molar-refractivity contribution >= 4 is 15.7 Å². The van der Waals surface area contributed by atoms with E-state index in [-0.39, 0.29) is 0 Å². The van der Waals surface area contributed by atoms with Gasteiger partial charge in [-0.15, -0.1) is 0 Å². The van der Waals surface area contributed by atoms with E-state index in [9.17, 15) is 8.42 Å². The van der Waals surface area contributed by atoms with Crippen molar-refractivity contribution in [1.82, 2.24) is 5.32 Å². The molecule has 1 unspecified atom stereocenters. The second-order valence-corrected chi connectivity index (χ2v) is 6.60. The van der Waals surface area contributed by atoms with Crippen molar-refractivity contribution in [1.29, 1.82) is 0 Å². The summed E-state index contributed by atoms with van der Waals surface area (Å²) in [7, 11) is 0.0412. The van der Waals surface area contributed by atoms with Crippen molar-refractivity contribution in [3.05, 3.63) is 29.8 Å². The molecule has 0 radical (unpaired) electrons. The molecule has 0 aromatic heterocycles. The first-order valence-corrected chi connectivity index (χ1v) is 7.09. The molecule has 4 nitrogen and oxygen atoms in total. The van der Waals surface area contributed by atoms with Crippen LogP contribution in [0, 0.1) is 6.92 Å². The number of anilines is 1. The van der Waals surface area contributed by atoms with Crippen LogP contribution in [0.5, 0.6) is 0 Å². The van der Waals surface area contributed by atoms with Crippen LogP contribution in [0.25, 0.3) is 0 Å². The summed E-state index contributed by atoms with van der Waals surface area (Å²) in [6, 6.07) is 7.45. The highest BCUT2D eigenvalue weighted by atomic mass is 32.2. The standard InChI is InChI=1S/C12H20N2O2S/c1-10-5-7-12(8-6-10)14(4)17(15,16)11(2)9-13-3/h5-8,11,13H,9H2,1-4H3. The molecule has 0 saturated carbocycles. The third kappa shape index (κ3) is 3.20. The molecule has 1 aromatic carbocycles. The first-order valence-electron chi connectivity index (χ1n) is 5.58. The normalized spacial score (nSPS) is 13.4. The minimum Gasteiger partial charge on any atom is -0.318 e. The average molecular weight is 256 g/mol. The Kier molecular flexibility index (Phi) is 4.54. The van der Waals surface area contributed by atoms with Crippen LogP contribution in [0.3, 0.4) is 0 Å². The zero-order valence-corrected chi connectivity index (χ0v) is 11.6. The number of hydrogen-bond acceptors (Lipinski definition) is 3. The van der Waals surface area contributed by atoms with Gasteiger partial charge in [-0.05, 0) is 33.0 Å². The Morgan fingerprint density at radius 2 is 1.82 bits per heavy atom. The van der Waals surface area contributed by atoms with Crippen LogP contribution in [-0.2, 0) is 10.0 Å². The molecule has 0 saturated heterocycles. The van der Waals surface area contributed by atoms with E-state index in [2.05, 4.69) is 5.32 Å². The van der Waals surface area contributed by atoms with Crippen molar-refractivity contribution in [2.45, 2.75) is 19.1 Å². The number of aryl methyl sites for hydroxylation is 1. The number of rotatable bonds is 5. The van der Waals surface area contributed by atoms with Crippen LogP contribution in [0.4, 0.5) is 5.69 Å². The van der Waals surface area contributed by atoms with Gasteiger partial charge in [0.2, 0.25) is 10.0 Å². The molecule has 0 aliphatic heterocycles. The molecular formula is C12H20N2O2S. The van der Waals surface area contributed by atoms with Gasteiger partial charge in [0.25, 0.3) is 0 Å². The molecule has 1 aromatic rings. The molecular weight excluding hydrogens is 236 g/mol. The van der Waals surface area contributed by atoms with E-state index < -0.39 is 15.3 Å². The number of hydrogen-bond donors (Lipinski definition) is 1. The molecule has 1 atom stereocenters. The Labute approximate surface area is 104 Å².